The minimum atomic E-state index is -0.195. The second kappa shape index (κ2) is 7.63. The largest absolute Gasteiger partial charge is 0.378 e. The summed E-state index contributed by atoms with van der Waals surface area (Å²) in [7, 11) is 0. The van der Waals surface area contributed by atoms with Crippen LogP contribution in [0.25, 0.3) is 0 Å². The fourth-order valence-corrected chi connectivity index (χ4v) is 4.23. The number of hydrogen-bond donors (Lipinski definition) is 2. The van der Waals surface area contributed by atoms with Crippen LogP contribution < -0.4 is 10.2 Å². The molecule has 1 aliphatic heterocycles. The molecule has 3 heterocycles. The highest BCUT2D eigenvalue weighted by atomic mass is 16.5. The lowest BCUT2D eigenvalue weighted by molar-refractivity contribution is 0.0909. The number of morpholine rings is 1. The maximum Gasteiger partial charge on any atom is 0.268 e. The maximum absolute atomic E-state index is 12.7. The summed E-state index contributed by atoms with van der Waals surface area (Å²) in [5, 5.41) is 2.94. The van der Waals surface area contributed by atoms with Crippen LogP contribution in [0.3, 0.4) is 0 Å². The van der Waals surface area contributed by atoms with E-state index in [1.54, 1.807) is 6.20 Å². The van der Waals surface area contributed by atoms with Gasteiger partial charge in [0.05, 0.1) is 13.2 Å². The number of nitrogens with one attached hydrogen (secondary N) is 2. The maximum atomic E-state index is 12.7. The van der Waals surface area contributed by atoms with Gasteiger partial charge in [0.15, 0.2) is 5.78 Å². The number of Topliss-reactive ketones (excluding diaryl/α,β-unsaturated/α-hetero) is 1. The van der Waals surface area contributed by atoms with Gasteiger partial charge in [-0.3, -0.25) is 9.59 Å². The van der Waals surface area contributed by atoms with Crippen LogP contribution in [0, 0.1) is 12.3 Å². The summed E-state index contributed by atoms with van der Waals surface area (Å²) in [5.41, 5.74) is 3.67. The summed E-state index contributed by atoms with van der Waals surface area (Å²) < 4.78 is 5.37. The highest BCUT2D eigenvalue weighted by Crippen LogP contribution is 2.36. The molecule has 0 saturated carbocycles. The Morgan fingerprint density at radius 3 is 2.72 bits per heavy atom. The Labute approximate surface area is 170 Å². The SMILES string of the molecule is Cc1c(C(=O)NCc2ccc(N3CCOCC3)nc2)[nH]c2c1C(=O)CC(C)(C)C2. The molecule has 0 unspecified atom stereocenters. The molecule has 1 saturated heterocycles. The molecule has 2 aromatic heterocycles. The van der Waals surface area contributed by atoms with Crippen molar-refractivity contribution in [2.75, 3.05) is 31.2 Å². The number of amides is 1. The number of carbonyl (C=O) groups is 2. The number of carbonyl (C=O) groups excluding carboxylic acids is 2. The van der Waals surface area contributed by atoms with Gasteiger partial charge >= 0.3 is 0 Å². The van der Waals surface area contributed by atoms with Crippen LogP contribution in [0.2, 0.25) is 0 Å². The number of hydrogen-bond acceptors (Lipinski definition) is 5. The number of ether oxygens (including phenoxy) is 1. The average molecular weight is 396 g/mol. The van der Waals surface area contributed by atoms with Gasteiger partial charge in [-0.2, -0.15) is 0 Å². The summed E-state index contributed by atoms with van der Waals surface area (Å²) in [5.74, 6) is 0.851. The highest BCUT2D eigenvalue weighted by molar-refractivity contribution is 6.04. The van der Waals surface area contributed by atoms with E-state index in [9.17, 15) is 9.59 Å². The first kappa shape index (κ1) is 19.6. The van der Waals surface area contributed by atoms with Crippen molar-refractivity contribution in [3.05, 3.63) is 46.4 Å². The molecule has 0 bridgehead atoms. The summed E-state index contributed by atoms with van der Waals surface area (Å²) in [6, 6.07) is 3.96. The molecule has 2 aliphatic rings. The van der Waals surface area contributed by atoms with Gasteiger partial charge in [0, 0.05) is 43.5 Å². The van der Waals surface area contributed by atoms with E-state index in [1.807, 2.05) is 19.1 Å². The molecule has 154 valence electrons. The number of fused-ring (bicyclic) bond motifs is 1. The third kappa shape index (κ3) is 4.05. The number of nitrogens with zero attached hydrogens (tertiary/aromatic N) is 2. The van der Waals surface area contributed by atoms with Gasteiger partial charge in [-0.05, 0) is 36.0 Å². The fourth-order valence-electron chi connectivity index (χ4n) is 4.23. The van der Waals surface area contributed by atoms with Crippen molar-refractivity contribution in [1.29, 1.82) is 0 Å². The topological polar surface area (TPSA) is 87.3 Å². The number of aromatic amines is 1. The van der Waals surface area contributed by atoms with Crippen LogP contribution >= 0.6 is 0 Å². The van der Waals surface area contributed by atoms with Crippen LogP contribution in [0.4, 0.5) is 5.82 Å². The standard InChI is InChI=1S/C22H28N4O3/c1-14-19-16(10-22(2,3)11-17(19)27)25-20(14)21(28)24-13-15-4-5-18(23-12-15)26-6-8-29-9-7-26/h4-5,12,25H,6-11,13H2,1-3H3,(H,24,28). The monoisotopic (exact) mass is 396 g/mol. The zero-order valence-electron chi connectivity index (χ0n) is 17.3. The zero-order valence-corrected chi connectivity index (χ0v) is 17.3. The molecule has 2 aromatic rings. The number of rotatable bonds is 4. The summed E-state index contributed by atoms with van der Waals surface area (Å²) in [6.07, 6.45) is 3.08. The van der Waals surface area contributed by atoms with Crippen LogP contribution in [-0.4, -0.2) is 48.0 Å². The normalized spacial score (nSPS) is 18.4. The minimum absolute atomic E-state index is 0.0803. The van der Waals surface area contributed by atoms with Gasteiger partial charge in [0.2, 0.25) is 0 Å². The Balaban J connectivity index is 1.42. The number of H-pyrrole nitrogens is 1. The van der Waals surface area contributed by atoms with Crippen molar-refractivity contribution in [2.45, 2.75) is 40.2 Å². The smallest absolute Gasteiger partial charge is 0.268 e. The second-order valence-corrected chi connectivity index (χ2v) is 8.73. The lowest BCUT2D eigenvalue weighted by Crippen LogP contribution is -2.36. The molecule has 1 aliphatic carbocycles. The molecule has 1 fully saturated rings. The van der Waals surface area contributed by atoms with E-state index in [0.29, 0.717) is 24.2 Å². The third-order valence-electron chi connectivity index (χ3n) is 5.73. The molecule has 0 atom stereocenters. The first-order valence-corrected chi connectivity index (χ1v) is 10.1. The Morgan fingerprint density at radius 2 is 2.03 bits per heavy atom. The molecule has 0 spiro atoms. The number of anilines is 1. The van der Waals surface area contributed by atoms with Crippen LogP contribution in [0.1, 0.15) is 57.9 Å². The summed E-state index contributed by atoms with van der Waals surface area (Å²) >= 11 is 0. The second-order valence-electron chi connectivity index (χ2n) is 8.73. The lowest BCUT2D eigenvalue weighted by Gasteiger charge is -2.28. The molecule has 29 heavy (non-hydrogen) atoms. The summed E-state index contributed by atoms with van der Waals surface area (Å²) in [4.78, 5) is 35.2. The zero-order chi connectivity index (χ0) is 20.6. The third-order valence-corrected chi connectivity index (χ3v) is 5.73. The highest BCUT2D eigenvalue weighted by Gasteiger charge is 2.35. The Kier molecular flexibility index (Phi) is 5.17. The van der Waals surface area contributed by atoms with E-state index in [2.05, 4.69) is 34.0 Å². The Bertz CT molecular complexity index is 924. The predicted octanol–water partition coefficient (Wildman–Crippen LogP) is 2.64. The van der Waals surface area contributed by atoms with Gasteiger partial charge in [-0.25, -0.2) is 4.98 Å². The van der Waals surface area contributed by atoms with E-state index in [4.69, 9.17) is 4.74 Å². The number of aromatic nitrogens is 2. The molecular formula is C22H28N4O3. The van der Waals surface area contributed by atoms with E-state index >= 15 is 0 Å². The van der Waals surface area contributed by atoms with Crippen molar-refractivity contribution >= 4 is 17.5 Å². The Morgan fingerprint density at radius 1 is 1.28 bits per heavy atom. The van der Waals surface area contributed by atoms with Crippen LogP contribution in [0.5, 0.6) is 0 Å². The van der Waals surface area contributed by atoms with Gasteiger partial charge in [-0.1, -0.05) is 19.9 Å². The minimum Gasteiger partial charge on any atom is -0.378 e. The van der Waals surface area contributed by atoms with E-state index in [-0.39, 0.29) is 17.1 Å². The van der Waals surface area contributed by atoms with Gasteiger partial charge in [0.1, 0.15) is 11.5 Å². The summed E-state index contributed by atoms with van der Waals surface area (Å²) in [6.45, 7) is 9.52. The van der Waals surface area contributed by atoms with Gasteiger partial charge < -0.3 is 19.9 Å². The van der Waals surface area contributed by atoms with E-state index < -0.39 is 0 Å². The van der Waals surface area contributed by atoms with Crippen molar-refractivity contribution in [3.63, 3.8) is 0 Å². The first-order chi connectivity index (χ1) is 13.8. The molecule has 7 heteroatoms. The van der Waals surface area contributed by atoms with Crippen molar-refractivity contribution in [3.8, 4) is 0 Å². The quantitative estimate of drug-likeness (QED) is 0.830. The van der Waals surface area contributed by atoms with Crippen molar-refractivity contribution in [1.82, 2.24) is 15.3 Å². The van der Waals surface area contributed by atoms with Crippen molar-refractivity contribution < 1.29 is 14.3 Å². The van der Waals surface area contributed by atoms with Crippen molar-refractivity contribution in [2.24, 2.45) is 5.41 Å². The van der Waals surface area contributed by atoms with Gasteiger partial charge in [0.25, 0.3) is 5.91 Å². The molecular weight excluding hydrogens is 368 g/mol. The van der Waals surface area contributed by atoms with Gasteiger partial charge in [-0.15, -0.1) is 0 Å². The molecule has 7 nitrogen and oxygen atoms in total. The van der Waals surface area contributed by atoms with E-state index in [0.717, 1.165) is 55.4 Å². The molecule has 0 radical (unpaired) electrons. The average Bonchev–Trinajstić information content (AvgIpc) is 3.02. The number of ketones is 1. The van der Waals surface area contributed by atoms with E-state index in [1.165, 1.54) is 0 Å². The number of pyridine rings is 1. The fraction of sp³-hybridized carbons (Fsp3) is 0.500. The van der Waals surface area contributed by atoms with Crippen LogP contribution in [-0.2, 0) is 17.7 Å². The molecule has 0 aromatic carbocycles. The molecule has 4 rings (SSSR count). The van der Waals surface area contributed by atoms with Crippen LogP contribution in [0.15, 0.2) is 18.3 Å². The molecule has 1 amide bonds. The predicted molar refractivity (Wildman–Crippen MR) is 110 cm³/mol. The Hall–Kier alpha value is -2.67. The lowest BCUT2D eigenvalue weighted by atomic mass is 9.75. The molecule has 2 N–H and O–H groups in total. The first-order valence-electron chi connectivity index (χ1n) is 10.1.